The van der Waals surface area contributed by atoms with Crippen LogP contribution in [0.15, 0.2) is 71.6 Å². The third-order valence-electron chi connectivity index (χ3n) is 3.98. The van der Waals surface area contributed by atoms with Crippen LogP contribution < -0.4 is 5.32 Å². The maximum atomic E-state index is 13.9. The predicted octanol–water partition coefficient (Wildman–Crippen LogP) is 5.55. The molecule has 134 valence electrons. The van der Waals surface area contributed by atoms with Crippen molar-refractivity contribution in [3.63, 3.8) is 0 Å². The van der Waals surface area contributed by atoms with E-state index in [4.69, 9.17) is 5.26 Å². The van der Waals surface area contributed by atoms with Gasteiger partial charge in [0.2, 0.25) is 0 Å². The first-order chi connectivity index (χ1) is 13.1. The van der Waals surface area contributed by atoms with E-state index in [1.807, 2.05) is 31.2 Å². The zero-order valence-corrected chi connectivity index (χ0v) is 15.5. The minimum absolute atomic E-state index is 0.173. The smallest absolute Gasteiger partial charge is 0.256 e. The number of nitrogens with one attached hydrogen (secondary N) is 1. The van der Waals surface area contributed by atoms with Crippen molar-refractivity contribution in [1.82, 2.24) is 0 Å². The van der Waals surface area contributed by atoms with Gasteiger partial charge in [-0.05, 0) is 54.4 Å². The number of hydrogen-bond acceptors (Lipinski definition) is 3. The molecule has 1 amide bonds. The standard InChI is InChI=1S/C22H17FN2OS/c1-15-6-11-19(23)20(12-15)25-22(26)18-4-2-3-5-21(18)27-14-17-9-7-16(13-24)8-10-17/h2-12H,14H2,1H3,(H,25,26). The van der Waals surface area contributed by atoms with Gasteiger partial charge in [0.1, 0.15) is 5.82 Å². The van der Waals surface area contributed by atoms with Gasteiger partial charge in [0, 0.05) is 10.6 Å². The molecule has 0 aliphatic carbocycles. The lowest BCUT2D eigenvalue weighted by Crippen LogP contribution is -2.14. The number of benzene rings is 3. The van der Waals surface area contributed by atoms with Crippen LogP contribution in [0.3, 0.4) is 0 Å². The van der Waals surface area contributed by atoms with Gasteiger partial charge in [0.15, 0.2) is 0 Å². The number of rotatable bonds is 5. The van der Waals surface area contributed by atoms with Crippen LogP contribution in [0.5, 0.6) is 0 Å². The largest absolute Gasteiger partial charge is 0.319 e. The Balaban J connectivity index is 1.75. The van der Waals surface area contributed by atoms with Crippen LogP contribution in [0.25, 0.3) is 0 Å². The van der Waals surface area contributed by atoms with Gasteiger partial charge in [-0.1, -0.05) is 30.3 Å². The molecule has 0 spiro atoms. The highest BCUT2D eigenvalue weighted by atomic mass is 32.2. The SMILES string of the molecule is Cc1ccc(F)c(NC(=O)c2ccccc2SCc2ccc(C#N)cc2)c1. The van der Waals surface area contributed by atoms with Gasteiger partial charge in [-0.3, -0.25) is 4.79 Å². The summed E-state index contributed by atoms with van der Waals surface area (Å²) in [6, 6.07) is 21.3. The van der Waals surface area contributed by atoms with Crippen molar-refractivity contribution in [2.24, 2.45) is 0 Å². The molecule has 0 aromatic heterocycles. The van der Waals surface area contributed by atoms with Crippen molar-refractivity contribution in [3.8, 4) is 6.07 Å². The second-order valence-electron chi connectivity index (χ2n) is 6.03. The molecule has 1 N–H and O–H groups in total. The number of carbonyl (C=O) groups excluding carboxylic acids is 1. The molecule has 0 atom stereocenters. The third kappa shape index (κ3) is 4.75. The van der Waals surface area contributed by atoms with Crippen LogP contribution in [0.2, 0.25) is 0 Å². The van der Waals surface area contributed by atoms with Gasteiger partial charge in [0.25, 0.3) is 5.91 Å². The van der Waals surface area contributed by atoms with Gasteiger partial charge in [-0.15, -0.1) is 11.8 Å². The summed E-state index contributed by atoms with van der Waals surface area (Å²) in [5, 5.41) is 11.5. The van der Waals surface area contributed by atoms with E-state index >= 15 is 0 Å². The Morgan fingerprint density at radius 1 is 1.11 bits per heavy atom. The van der Waals surface area contributed by atoms with Crippen LogP contribution >= 0.6 is 11.8 Å². The van der Waals surface area contributed by atoms with Crippen molar-refractivity contribution in [3.05, 3.63) is 94.8 Å². The van der Waals surface area contributed by atoms with Crippen molar-refractivity contribution >= 4 is 23.4 Å². The Hall–Kier alpha value is -3.10. The molecular formula is C22H17FN2OS. The Bertz CT molecular complexity index is 1010. The van der Waals surface area contributed by atoms with E-state index in [2.05, 4.69) is 11.4 Å². The van der Waals surface area contributed by atoms with Crippen molar-refractivity contribution in [2.45, 2.75) is 17.6 Å². The fraction of sp³-hybridized carbons (Fsp3) is 0.0909. The molecule has 3 nitrogen and oxygen atoms in total. The van der Waals surface area contributed by atoms with E-state index in [-0.39, 0.29) is 11.6 Å². The highest BCUT2D eigenvalue weighted by Crippen LogP contribution is 2.27. The van der Waals surface area contributed by atoms with Crippen LogP contribution in [0, 0.1) is 24.1 Å². The summed E-state index contributed by atoms with van der Waals surface area (Å²) in [4.78, 5) is 13.5. The predicted molar refractivity (Wildman–Crippen MR) is 106 cm³/mol. The highest BCUT2D eigenvalue weighted by molar-refractivity contribution is 7.98. The number of nitriles is 1. The molecule has 3 aromatic carbocycles. The third-order valence-corrected chi connectivity index (χ3v) is 5.12. The lowest BCUT2D eigenvalue weighted by molar-refractivity contribution is 0.102. The minimum atomic E-state index is -0.461. The number of halogens is 1. The topological polar surface area (TPSA) is 52.9 Å². The van der Waals surface area contributed by atoms with E-state index < -0.39 is 5.82 Å². The van der Waals surface area contributed by atoms with Crippen LogP contribution in [0.1, 0.15) is 27.0 Å². The number of amides is 1. The zero-order valence-electron chi connectivity index (χ0n) is 14.7. The first-order valence-corrected chi connectivity index (χ1v) is 9.34. The average molecular weight is 376 g/mol. The Labute approximate surface area is 161 Å². The van der Waals surface area contributed by atoms with E-state index in [1.54, 1.807) is 36.4 Å². The first-order valence-electron chi connectivity index (χ1n) is 8.35. The summed E-state index contributed by atoms with van der Waals surface area (Å²) in [5.41, 5.74) is 3.21. The molecule has 0 heterocycles. The van der Waals surface area contributed by atoms with Gasteiger partial charge in [-0.2, -0.15) is 5.26 Å². The highest BCUT2D eigenvalue weighted by Gasteiger charge is 2.14. The normalized spacial score (nSPS) is 10.3. The van der Waals surface area contributed by atoms with Crippen LogP contribution in [-0.2, 0) is 5.75 Å². The summed E-state index contributed by atoms with van der Waals surface area (Å²) >= 11 is 1.52. The molecule has 0 unspecified atom stereocenters. The van der Waals surface area contributed by atoms with Gasteiger partial charge in [0.05, 0.1) is 22.9 Å². The number of anilines is 1. The summed E-state index contributed by atoms with van der Waals surface area (Å²) < 4.78 is 13.9. The van der Waals surface area contributed by atoms with Gasteiger partial charge in [-0.25, -0.2) is 4.39 Å². The quantitative estimate of drug-likeness (QED) is 0.594. The van der Waals surface area contributed by atoms with Crippen molar-refractivity contribution in [1.29, 1.82) is 5.26 Å². The molecule has 0 saturated heterocycles. The lowest BCUT2D eigenvalue weighted by Gasteiger charge is -2.11. The molecule has 27 heavy (non-hydrogen) atoms. The van der Waals surface area contributed by atoms with Crippen LogP contribution in [0.4, 0.5) is 10.1 Å². The van der Waals surface area contributed by atoms with Crippen molar-refractivity contribution < 1.29 is 9.18 Å². The molecule has 0 fully saturated rings. The average Bonchev–Trinajstić information content (AvgIpc) is 2.69. The molecule has 3 aromatic rings. The molecule has 3 rings (SSSR count). The van der Waals surface area contributed by atoms with E-state index in [0.717, 1.165) is 16.0 Å². The number of thioether (sulfide) groups is 1. The fourth-order valence-electron chi connectivity index (χ4n) is 2.54. The molecular weight excluding hydrogens is 359 g/mol. The number of hydrogen-bond donors (Lipinski definition) is 1. The fourth-order valence-corrected chi connectivity index (χ4v) is 3.55. The number of aryl methyl sites for hydroxylation is 1. The molecule has 0 bridgehead atoms. The Morgan fingerprint density at radius 2 is 1.85 bits per heavy atom. The number of carbonyl (C=O) groups is 1. The first kappa shape index (κ1) is 18.7. The second kappa shape index (κ2) is 8.52. The van der Waals surface area contributed by atoms with Gasteiger partial charge < -0.3 is 5.32 Å². The number of nitrogens with zero attached hydrogens (tertiary/aromatic N) is 1. The summed E-state index contributed by atoms with van der Waals surface area (Å²) in [6.45, 7) is 1.84. The molecule has 0 radical (unpaired) electrons. The Morgan fingerprint density at radius 3 is 2.59 bits per heavy atom. The minimum Gasteiger partial charge on any atom is -0.319 e. The second-order valence-corrected chi connectivity index (χ2v) is 7.05. The maximum absolute atomic E-state index is 13.9. The lowest BCUT2D eigenvalue weighted by atomic mass is 10.2. The summed E-state index contributed by atoms with van der Waals surface area (Å²) in [7, 11) is 0. The maximum Gasteiger partial charge on any atom is 0.256 e. The molecule has 0 aliphatic rings. The monoisotopic (exact) mass is 376 g/mol. The van der Waals surface area contributed by atoms with E-state index in [0.29, 0.717) is 16.9 Å². The van der Waals surface area contributed by atoms with Gasteiger partial charge >= 0.3 is 0 Å². The summed E-state index contributed by atoms with van der Waals surface area (Å²) in [6.07, 6.45) is 0. The van der Waals surface area contributed by atoms with E-state index in [9.17, 15) is 9.18 Å². The Kier molecular flexibility index (Phi) is 5.90. The summed E-state index contributed by atoms with van der Waals surface area (Å²) in [5.74, 6) is -0.145. The molecule has 5 heteroatoms. The van der Waals surface area contributed by atoms with E-state index in [1.165, 1.54) is 17.8 Å². The van der Waals surface area contributed by atoms with Crippen LogP contribution in [-0.4, -0.2) is 5.91 Å². The molecule has 0 saturated carbocycles. The van der Waals surface area contributed by atoms with Crippen molar-refractivity contribution in [2.75, 3.05) is 5.32 Å². The zero-order chi connectivity index (χ0) is 19.2. The molecule has 0 aliphatic heterocycles.